The van der Waals surface area contributed by atoms with Crippen LogP contribution in [-0.4, -0.2) is 9.97 Å². The average molecular weight is 515 g/mol. The van der Waals surface area contributed by atoms with Crippen molar-refractivity contribution >= 4 is 32.3 Å². The highest BCUT2D eigenvalue weighted by Gasteiger charge is 2.15. The zero-order valence-electron chi connectivity index (χ0n) is 19.2. The van der Waals surface area contributed by atoms with E-state index in [4.69, 9.17) is 9.97 Å². The van der Waals surface area contributed by atoms with Crippen LogP contribution in [0.2, 0.25) is 0 Å². The van der Waals surface area contributed by atoms with Crippen molar-refractivity contribution in [3.63, 3.8) is 0 Å². The number of hydrogen-bond donors (Lipinski definition) is 0. The van der Waals surface area contributed by atoms with Gasteiger partial charge in [-0.3, -0.25) is 0 Å². The predicted octanol–water partition coefficient (Wildman–Crippen LogP) is 9.13. The van der Waals surface area contributed by atoms with E-state index in [1.54, 1.807) is 0 Å². The summed E-state index contributed by atoms with van der Waals surface area (Å²) in [5.41, 5.74) is 7.76. The minimum atomic E-state index is 0.759. The molecule has 5 aromatic rings. The number of aromatic nitrogens is 2. The SMILES string of the molecule is Brc1ccc(-c2ccc(-c3cc(C4=CC=CCC4)nc(-c4ccccc4)n3)c3ccccc23)cc1. The van der Waals surface area contributed by atoms with Gasteiger partial charge in [0.05, 0.1) is 11.4 Å². The maximum Gasteiger partial charge on any atom is 0.160 e. The number of allylic oxidation sites excluding steroid dienone is 4. The fourth-order valence-electron chi connectivity index (χ4n) is 4.69. The van der Waals surface area contributed by atoms with Gasteiger partial charge in [-0.2, -0.15) is 0 Å². The van der Waals surface area contributed by atoms with E-state index in [1.165, 1.54) is 27.5 Å². The van der Waals surface area contributed by atoms with Crippen LogP contribution in [0.1, 0.15) is 18.5 Å². The number of benzene rings is 4. The number of fused-ring (bicyclic) bond motifs is 1. The normalized spacial score (nSPS) is 13.1. The van der Waals surface area contributed by atoms with Crippen LogP contribution in [0.3, 0.4) is 0 Å². The molecule has 0 fully saturated rings. The summed E-state index contributed by atoms with van der Waals surface area (Å²) in [7, 11) is 0. The maximum absolute atomic E-state index is 5.07. The molecule has 1 aliphatic rings. The first-order chi connectivity index (χ1) is 17.3. The molecule has 0 saturated carbocycles. The lowest BCUT2D eigenvalue weighted by atomic mass is 9.93. The Bertz CT molecular complexity index is 1580. The van der Waals surface area contributed by atoms with Crippen molar-refractivity contribution in [1.82, 2.24) is 9.97 Å². The van der Waals surface area contributed by atoms with Gasteiger partial charge in [0, 0.05) is 15.6 Å². The Morgan fingerprint density at radius 3 is 2.06 bits per heavy atom. The Labute approximate surface area is 213 Å². The van der Waals surface area contributed by atoms with E-state index >= 15 is 0 Å². The Hall–Kier alpha value is -3.82. The Morgan fingerprint density at radius 2 is 1.31 bits per heavy atom. The van der Waals surface area contributed by atoms with Crippen LogP contribution in [0.15, 0.2) is 120 Å². The number of hydrogen-bond acceptors (Lipinski definition) is 2. The van der Waals surface area contributed by atoms with Crippen molar-refractivity contribution < 1.29 is 0 Å². The third-order valence-corrected chi connectivity index (χ3v) is 6.98. The summed E-state index contributed by atoms with van der Waals surface area (Å²) in [6.07, 6.45) is 8.55. The molecular weight excluding hydrogens is 492 g/mol. The maximum atomic E-state index is 5.07. The Morgan fingerprint density at radius 1 is 0.629 bits per heavy atom. The standard InChI is InChI=1S/C32H23BrN2/c33-25-17-15-22(16-18-25)26-19-20-29(28-14-8-7-13-27(26)28)31-21-30(23-9-3-1-4-10-23)34-32(35-31)24-11-5-2-6-12-24/h1-3,5-9,11-21H,4,10H2. The summed E-state index contributed by atoms with van der Waals surface area (Å²) in [6.45, 7) is 0. The fraction of sp³-hybridized carbons (Fsp3) is 0.0625. The first-order valence-electron chi connectivity index (χ1n) is 11.8. The second-order valence-electron chi connectivity index (χ2n) is 8.70. The molecule has 0 aliphatic heterocycles. The highest BCUT2D eigenvalue weighted by Crippen LogP contribution is 2.37. The molecule has 4 aromatic carbocycles. The van der Waals surface area contributed by atoms with E-state index in [9.17, 15) is 0 Å². The average Bonchev–Trinajstić information content (AvgIpc) is 2.94. The second-order valence-corrected chi connectivity index (χ2v) is 9.62. The van der Waals surface area contributed by atoms with Crippen molar-refractivity contribution in [2.75, 3.05) is 0 Å². The molecule has 0 spiro atoms. The number of rotatable bonds is 4. The molecule has 0 radical (unpaired) electrons. The van der Waals surface area contributed by atoms with Crippen LogP contribution in [0.25, 0.3) is 50.1 Å². The molecular formula is C32H23BrN2. The Kier molecular flexibility index (Phi) is 5.85. The van der Waals surface area contributed by atoms with Crippen LogP contribution in [0, 0.1) is 0 Å². The van der Waals surface area contributed by atoms with Gasteiger partial charge in [0.15, 0.2) is 5.82 Å². The molecule has 0 N–H and O–H groups in total. The van der Waals surface area contributed by atoms with Gasteiger partial charge < -0.3 is 0 Å². The van der Waals surface area contributed by atoms with Crippen LogP contribution < -0.4 is 0 Å². The van der Waals surface area contributed by atoms with Crippen molar-refractivity contribution in [3.8, 4) is 33.8 Å². The third-order valence-electron chi connectivity index (χ3n) is 6.46. The summed E-state index contributed by atoms with van der Waals surface area (Å²) in [4.78, 5) is 10.1. The molecule has 0 unspecified atom stereocenters. The lowest BCUT2D eigenvalue weighted by molar-refractivity contribution is 1.03. The quantitative estimate of drug-likeness (QED) is 0.239. The molecule has 2 nitrogen and oxygen atoms in total. The number of halogens is 1. The lowest BCUT2D eigenvalue weighted by Crippen LogP contribution is -2.00. The van der Waals surface area contributed by atoms with Gasteiger partial charge in [0.2, 0.25) is 0 Å². The molecule has 0 saturated heterocycles. The van der Waals surface area contributed by atoms with E-state index in [0.29, 0.717) is 0 Å². The van der Waals surface area contributed by atoms with E-state index < -0.39 is 0 Å². The molecule has 168 valence electrons. The van der Waals surface area contributed by atoms with Gasteiger partial charge in [0.1, 0.15) is 0 Å². The second kappa shape index (κ2) is 9.44. The largest absolute Gasteiger partial charge is 0.228 e. The van der Waals surface area contributed by atoms with Crippen LogP contribution in [0.4, 0.5) is 0 Å². The molecule has 0 amide bonds. The topological polar surface area (TPSA) is 25.8 Å². The highest BCUT2D eigenvalue weighted by molar-refractivity contribution is 9.10. The molecule has 0 bridgehead atoms. The minimum Gasteiger partial charge on any atom is -0.228 e. The predicted molar refractivity (Wildman–Crippen MR) is 150 cm³/mol. The smallest absolute Gasteiger partial charge is 0.160 e. The lowest BCUT2D eigenvalue weighted by Gasteiger charge is -2.15. The van der Waals surface area contributed by atoms with Crippen molar-refractivity contribution in [2.45, 2.75) is 12.8 Å². The third kappa shape index (κ3) is 4.36. The summed E-state index contributed by atoms with van der Waals surface area (Å²) in [5, 5.41) is 2.41. The summed E-state index contributed by atoms with van der Waals surface area (Å²) >= 11 is 3.55. The fourth-order valence-corrected chi connectivity index (χ4v) is 4.95. The van der Waals surface area contributed by atoms with Crippen LogP contribution in [-0.2, 0) is 0 Å². The zero-order chi connectivity index (χ0) is 23.6. The van der Waals surface area contributed by atoms with Gasteiger partial charge in [-0.05, 0) is 58.5 Å². The van der Waals surface area contributed by atoms with Gasteiger partial charge in [0.25, 0.3) is 0 Å². The van der Waals surface area contributed by atoms with Gasteiger partial charge in [-0.15, -0.1) is 0 Å². The van der Waals surface area contributed by atoms with Gasteiger partial charge >= 0.3 is 0 Å². The number of nitrogens with zero attached hydrogens (tertiary/aromatic N) is 2. The summed E-state index contributed by atoms with van der Waals surface area (Å²) < 4.78 is 1.08. The molecule has 3 heteroatoms. The van der Waals surface area contributed by atoms with Crippen molar-refractivity contribution in [2.24, 2.45) is 0 Å². The van der Waals surface area contributed by atoms with Crippen molar-refractivity contribution in [3.05, 3.63) is 125 Å². The van der Waals surface area contributed by atoms with Gasteiger partial charge in [-0.25, -0.2) is 9.97 Å². The molecule has 0 atom stereocenters. The van der Waals surface area contributed by atoms with Crippen LogP contribution in [0.5, 0.6) is 0 Å². The Balaban J connectivity index is 1.57. The van der Waals surface area contributed by atoms with E-state index in [0.717, 1.165) is 45.7 Å². The first-order valence-corrected chi connectivity index (χ1v) is 12.6. The van der Waals surface area contributed by atoms with E-state index in [-0.39, 0.29) is 0 Å². The molecule has 1 aromatic heterocycles. The first kappa shape index (κ1) is 21.7. The molecule has 6 rings (SSSR count). The molecule has 1 aliphatic carbocycles. The summed E-state index contributed by atoms with van der Waals surface area (Å²) in [6, 6.07) is 33.9. The van der Waals surface area contributed by atoms with Crippen LogP contribution >= 0.6 is 15.9 Å². The van der Waals surface area contributed by atoms with Crippen molar-refractivity contribution in [1.29, 1.82) is 0 Å². The van der Waals surface area contributed by atoms with E-state index in [2.05, 4.69) is 113 Å². The summed E-state index contributed by atoms with van der Waals surface area (Å²) in [5.74, 6) is 0.759. The highest BCUT2D eigenvalue weighted by atomic mass is 79.9. The zero-order valence-corrected chi connectivity index (χ0v) is 20.7. The monoisotopic (exact) mass is 514 g/mol. The van der Waals surface area contributed by atoms with E-state index in [1.807, 2.05) is 18.2 Å². The minimum absolute atomic E-state index is 0.759. The molecule has 35 heavy (non-hydrogen) atoms. The van der Waals surface area contributed by atoms with Gasteiger partial charge in [-0.1, -0.05) is 113 Å². The molecule has 1 heterocycles.